The summed E-state index contributed by atoms with van der Waals surface area (Å²) >= 11 is 0. The van der Waals surface area contributed by atoms with E-state index in [9.17, 15) is 4.79 Å². The van der Waals surface area contributed by atoms with Crippen LogP contribution in [0.5, 0.6) is 0 Å². The van der Waals surface area contributed by atoms with Gasteiger partial charge in [0.15, 0.2) is 0 Å². The van der Waals surface area contributed by atoms with Crippen molar-refractivity contribution in [3.05, 3.63) is 30.3 Å². The van der Waals surface area contributed by atoms with Crippen molar-refractivity contribution < 1.29 is 4.79 Å². The van der Waals surface area contributed by atoms with E-state index in [2.05, 4.69) is 34.6 Å². The van der Waals surface area contributed by atoms with E-state index in [1.807, 2.05) is 42.2 Å². The van der Waals surface area contributed by atoms with E-state index in [0.717, 1.165) is 12.1 Å². The number of piperazine rings is 1. The normalized spacial score (nSPS) is 21.9. The summed E-state index contributed by atoms with van der Waals surface area (Å²) in [7, 11) is 0. The Balaban J connectivity index is 0.00000208. The van der Waals surface area contributed by atoms with Gasteiger partial charge in [0.25, 0.3) is 0 Å². The number of hydrogen-bond donors (Lipinski definition) is 1. The largest absolute Gasteiger partial charge is 0.335 e. The van der Waals surface area contributed by atoms with Crippen LogP contribution in [0.15, 0.2) is 30.3 Å². The number of amides is 1. The zero-order chi connectivity index (χ0) is 16.4. The average molecular weight is 351 g/mol. The average Bonchev–Trinajstić information content (AvgIpc) is 3.07. The molecule has 1 saturated heterocycles. The van der Waals surface area contributed by atoms with Gasteiger partial charge in [-0.1, -0.05) is 30.3 Å². The minimum absolute atomic E-state index is 0. The molecule has 1 fully saturated rings. The van der Waals surface area contributed by atoms with Crippen LogP contribution in [0.25, 0.3) is 11.4 Å². The zero-order valence-electron chi connectivity index (χ0n) is 14.1. The van der Waals surface area contributed by atoms with Gasteiger partial charge in [-0.3, -0.25) is 4.79 Å². The Labute approximate surface area is 147 Å². The first kappa shape index (κ1) is 18.4. The number of rotatable bonds is 3. The van der Waals surface area contributed by atoms with E-state index < -0.39 is 6.04 Å². The first-order chi connectivity index (χ1) is 11.1. The summed E-state index contributed by atoms with van der Waals surface area (Å²) in [5.41, 5.74) is 0.891. The van der Waals surface area contributed by atoms with Gasteiger partial charge in [0.05, 0.1) is 0 Å². The molecule has 0 radical (unpaired) electrons. The van der Waals surface area contributed by atoms with Crippen LogP contribution in [0.2, 0.25) is 0 Å². The van der Waals surface area contributed by atoms with Crippen molar-refractivity contribution >= 4 is 18.3 Å². The summed E-state index contributed by atoms with van der Waals surface area (Å²) < 4.78 is 0. The van der Waals surface area contributed by atoms with Crippen LogP contribution in [0.3, 0.4) is 0 Å². The maximum Gasteiger partial charge on any atom is 0.249 e. The second-order valence-electron chi connectivity index (χ2n) is 5.99. The minimum atomic E-state index is -0.465. The van der Waals surface area contributed by atoms with Crippen LogP contribution in [-0.2, 0) is 4.79 Å². The number of tetrazole rings is 1. The summed E-state index contributed by atoms with van der Waals surface area (Å²) in [6.45, 7) is 7.48. The van der Waals surface area contributed by atoms with Crippen LogP contribution in [0, 0.1) is 0 Å². The molecule has 8 heteroatoms. The van der Waals surface area contributed by atoms with Gasteiger partial charge >= 0.3 is 0 Å². The van der Waals surface area contributed by atoms with Gasteiger partial charge in [-0.05, 0) is 26.0 Å². The van der Waals surface area contributed by atoms with E-state index in [0.29, 0.717) is 12.4 Å². The van der Waals surface area contributed by atoms with Gasteiger partial charge in [0.1, 0.15) is 6.04 Å². The molecule has 2 aromatic rings. The Morgan fingerprint density at radius 1 is 1.29 bits per heavy atom. The molecule has 3 unspecified atom stereocenters. The number of carbonyl (C=O) groups is 1. The molecule has 1 aromatic heterocycles. The van der Waals surface area contributed by atoms with Crippen LogP contribution >= 0.6 is 12.4 Å². The number of hydrogen-bond acceptors (Lipinski definition) is 5. The minimum Gasteiger partial charge on any atom is -0.335 e. The highest BCUT2D eigenvalue weighted by atomic mass is 35.5. The molecule has 1 aliphatic rings. The SMILES string of the molecule is CC1NCCN(C(=O)C(C)n2nnc(-c3ccccc3)n2)C1C.Cl. The Hall–Kier alpha value is -1.99. The molecular weight excluding hydrogens is 328 g/mol. The van der Waals surface area contributed by atoms with Crippen molar-refractivity contribution in [3.8, 4) is 11.4 Å². The third kappa shape index (κ3) is 3.57. The lowest BCUT2D eigenvalue weighted by atomic mass is 10.1. The first-order valence-corrected chi connectivity index (χ1v) is 7.96. The molecule has 24 heavy (non-hydrogen) atoms. The Morgan fingerprint density at radius 2 is 2.00 bits per heavy atom. The maximum absolute atomic E-state index is 12.8. The molecule has 2 heterocycles. The van der Waals surface area contributed by atoms with Crippen molar-refractivity contribution in [2.45, 2.75) is 38.9 Å². The van der Waals surface area contributed by atoms with Crippen LogP contribution in [0.4, 0.5) is 0 Å². The van der Waals surface area contributed by atoms with Gasteiger partial charge in [-0.15, -0.1) is 22.6 Å². The molecule has 1 aromatic carbocycles. The smallest absolute Gasteiger partial charge is 0.249 e. The number of halogens is 1. The predicted molar refractivity (Wildman–Crippen MR) is 93.9 cm³/mol. The molecule has 0 bridgehead atoms. The molecular formula is C16H23ClN6O. The molecule has 0 spiro atoms. The van der Waals surface area contributed by atoms with Gasteiger partial charge in [-0.2, -0.15) is 4.80 Å². The number of nitrogens with zero attached hydrogens (tertiary/aromatic N) is 5. The fourth-order valence-electron chi connectivity index (χ4n) is 2.80. The van der Waals surface area contributed by atoms with Gasteiger partial charge in [-0.25, -0.2) is 0 Å². The molecule has 1 aliphatic heterocycles. The zero-order valence-corrected chi connectivity index (χ0v) is 14.9. The molecule has 0 saturated carbocycles. The van der Waals surface area contributed by atoms with Crippen LogP contribution in [-0.4, -0.2) is 56.2 Å². The summed E-state index contributed by atoms with van der Waals surface area (Å²) in [5.74, 6) is 0.565. The van der Waals surface area contributed by atoms with E-state index in [1.165, 1.54) is 4.80 Å². The fourth-order valence-corrected chi connectivity index (χ4v) is 2.80. The number of aromatic nitrogens is 4. The highest BCUT2D eigenvalue weighted by Gasteiger charge is 2.32. The molecule has 1 amide bonds. The molecule has 1 N–H and O–H groups in total. The highest BCUT2D eigenvalue weighted by molar-refractivity contribution is 5.85. The topological polar surface area (TPSA) is 75.9 Å². The lowest BCUT2D eigenvalue weighted by Crippen LogP contribution is -2.58. The van der Waals surface area contributed by atoms with Crippen molar-refractivity contribution in [1.29, 1.82) is 0 Å². The Morgan fingerprint density at radius 3 is 2.71 bits per heavy atom. The molecule has 3 atom stereocenters. The van der Waals surface area contributed by atoms with E-state index in [-0.39, 0.29) is 30.4 Å². The number of carbonyl (C=O) groups excluding carboxylic acids is 1. The first-order valence-electron chi connectivity index (χ1n) is 7.96. The van der Waals surface area contributed by atoms with Crippen LogP contribution < -0.4 is 5.32 Å². The molecule has 3 rings (SSSR count). The summed E-state index contributed by atoms with van der Waals surface area (Å²) in [5, 5.41) is 15.9. The molecule has 7 nitrogen and oxygen atoms in total. The summed E-state index contributed by atoms with van der Waals surface area (Å²) in [4.78, 5) is 16.1. The summed E-state index contributed by atoms with van der Waals surface area (Å²) in [6.07, 6.45) is 0. The van der Waals surface area contributed by atoms with Gasteiger partial charge in [0, 0.05) is 30.7 Å². The quantitative estimate of drug-likeness (QED) is 0.908. The second kappa shape index (κ2) is 7.72. The molecule has 0 aliphatic carbocycles. The lowest BCUT2D eigenvalue weighted by Gasteiger charge is -2.39. The van der Waals surface area contributed by atoms with E-state index in [4.69, 9.17) is 0 Å². The standard InChI is InChI=1S/C16H22N6O.ClH/c1-11-12(2)21(10-9-17-11)16(23)13(3)22-19-15(18-20-22)14-7-5-4-6-8-14;/h4-8,11-13,17H,9-10H2,1-3H3;1H. The highest BCUT2D eigenvalue weighted by Crippen LogP contribution is 2.17. The number of benzene rings is 1. The Kier molecular flexibility index (Phi) is 5.90. The fraction of sp³-hybridized carbons (Fsp3) is 0.500. The third-order valence-corrected chi connectivity index (χ3v) is 4.48. The lowest BCUT2D eigenvalue weighted by molar-refractivity contribution is -0.138. The van der Waals surface area contributed by atoms with E-state index in [1.54, 1.807) is 0 Å². The summed E-state index contributed by atoms with van der Waals surface area (Å²) in [6, 6.07) is 9.60. The second-order valence-corrected chi connectivity index (χ2v) is 5.99. The van der Waals surface area contributed by atoms with Crippen molar-refractivity contribution in [2.75, 3.05) is 13.1 Å². The van der Waals surface area contributed by atoms with Gasteiger partial charge in [0.2, 0.25) is 11.7 Å². The van der Waals surface area contributed by atoms with Crippen molar-refractivity contribution in [2.24, 2.45) is 0 Å². The van der Waals surface area contributed by atoms with Crippen molar-refractivity contribution in [1.82, 2.24) is 30.4 Å². The van der Waals surface area contributed by atoms with Crippen molar-refractivity contribution in [3.63, 3.8) is 0 Å². The van der Waals surface area contributed by atoms with Crippen LogP contribution in [0.1, 0.15) is 26.8 Å². The van der Waals surface area contributed by atoms with E-state index >= 15 is 0 Å². The third-order valence-electron chi connectivity index (χ3n) is 4.48. The predicted octanol–water partition coefficient (Wildman–Crippen LogP) is 1.53. The number of nitrogens with one attached hydrogen (secondary N) is 1. The Bertz CT molecular complexity index is 676. The maximum atomic E-state index is 12.8. The monoisotopic (exact) mass is 350 g/mol. The molecule has 130 valence electrons. The van der Waals surface area contributed by atoms with Gasteiger partial charge < -0.3 is 10.2 Å².